The average Bonchev–Trinajstić information content (AvgIpc) is 2.40. The molecule has 0 bridgehead atoms. The van der Waals surface area contributed by atoms with Gasteiger partial charge in [-0.3, -0.25) is 14.8 Å². The third-order valence-corrected chi connectivity index (χ3v) is 3.85. The highest BCUT2D eigenvalue weighted by atomic mass is 32.2. The number of hydrogen-bond donors (Lipinski definition) is 2. The van der Waals surface area contributed by atoms with E-state index in [2.05, 4.69) is 4.98 Å². The standard InChI is InChI=1S/C11H9FN4O4S/c12-7-4-5-10(14-6-7)15-21(19,20)9-3-1-2-8(13)11(9)16(17)18/h1-6H,13H2,(H,14,15). The summed E-state index contributed by atoms with van der Waals surface area (Å²) in [4.78, 5) is 13.0. The van der Waals surface area contributed by atoms with E-state index in [1.807, 2.05) is 4.72 Å². The zero-order chi connectivity index (χ0) is 15.6. The largest absolute Gasteiger partial charge is 0.393 e. The summed E-state index contributed by atoms with van der Waals surface area (Å²) in [5.41, 5.74) is 4.42. The molecule has 8 nitrogen and oxygen atoms in total. The summed E-state index contributed by atoms with van der Waals surface area (Å²) in [6.07, 6.45) is 0.811. The molecule has 0 aliphatic heterocycles. The number of aromatic nitrogens is 1. The Labute approximate surface area is 118 Å². The molecule has 1 aromatic carbocycles. The van der Waals surface area contributed by atoms with E-state index in [0.29, 0.717) is 0 Å². The van der Waals surface area contributed by atoms with Crippen LogP contribution in [0.4, 0.5) is 21.6 Å². The van der Waals surface area contributed by atoms with Gasteiger partial charge in [-0.05, 0) is 24.3 Å². The SMILES string of the molecule is Nc1cccc(S(=O)(=O)Nc2ccc(F)cn2)c1[N+](=O)[O-]. The molecule has 10 heteroatoms. The molecular weight excluding hydrogens is 303 g/mol. The van der Waals surface area contributed by atoms with E-state index in [0.717, 1.165) is 24.4 Å². The van der Waals surface area contributed by atoms with Crippen LogP contribution < -0.4 is 10.5 Å². The van der Waals surface area contributed by atoms with Gasteiger partial charge in [0.1, 0.15) is 17.3 Å². The van der Waals surface area contributed by atoms with Crippen molar-refractivity contribution in [2.45, 2.75) is 4.90 Å². The first-order valence-electron chi connectivity index (χ1n) is 5.48. The fourth-order valence-electron chi connectivity index (χ4n) is 1.58. The number of nitro groups is 1. The van der Waals surface area contributed by atoms with Crippen molar-refractivity contribution in [2.24, 2.45) is 0 Å². The van der Waals surface area contributed by atoms with E-state index in [-0.39, 0.29) is 11.5 Å². The van der Waals surface area contributed by atoms with Crippen LogP contribution in [0.15, 0.2) is 41.4 Å². The number of nitrogens with zero attached hydrogens (tertiary/aromatic N) is 2. The molecule has 0 amide bonds. The summed E-state index contributed by atoms with van der Waals surface area (Å²) < 4.78 is 39.1. The zero-order valence-corrected chi connectivity index (χ0v) is 11.2. The number of rotatable bonds is 4. The Morgan fingerprint density at radius 2 is 2.00 bits per heavy atom. The first-order valence-corrected chi connectivity index (χ1v) is 6.97. The number of halogens is 1. The van der Waals surface area contributed by atoms with E-state index < -0.39 is 31.3 Å². The Balaban J connectivity index is 2.47. The fourth-order valence-corrected chi connectivity index (χ4v) is 2.79. The highest BCUT2D eigenvalue weighted by Gasteiger charge is 2.28. The van der Waals surface area contributed by atoms with E-state index >= 15 is 0 Å². The quantitative estimate of drug-likeness (QED) is 0.500. The lowest BCUT2D eigenvalue weighted by atomic mass is 10.3. The van der Waals surface area contributed by atoms with Crippen LogP contribution >= 0.6 is 0 Å². The van der Waals surface area contributed by atoms with Crippen LogP contribution in [0.25, 0.3) is 0 Å². The van der Waals surface area contributed by atoms with E-state index in [1.54, 1.807) is 0 Å². The molecule has 0 aliphatic carbocycles. The van der Waals surface area contributed by atoms with Crippen LogP contribution in [0.5, 0.6) is 0 Å². The van der Waals surface area contributed by atoms with Gasteiger partial charge in [0, 0.05) is 0 Å². The zero-order valence-electron chi connectivity index (χ0n) is 10.4. The predicted molar refractivity (Wildman–Crippen MR) is 72.5 cm³/mol. The highest BCUT2D eigenvalue weighted by molar-refractivity contribution is 7.92. The van der Waals surface area contributed by atoms with Crippen LogP contribution in [-0.2, 0) is 10.0 Å². The molecule has 0 saturated heterocycles. The molecule has 0 fully saturated rings. The molecule has 110 valence electrons. The first-order chi connectivity index (χ1) is 9.81. The second-order valence-electron chi connectivity index (χ2n) is 3.92. The number of anilines is 2. The Bertz CT molecular complexity index is 792. The van der Waals surface area contributed by atoms with Crippen molar-refractivity contribution in [3.63, 3.8) is 0 Å². The second-order valence-corrected chi connectivity index (χ2v) is 5.57. The van der Waals surface area contributed by atoms with Crippen molar-refractivity contribution in [2.75, 3.05) is 10.5 Å². The first kappa shape index (κ1) is 14.7. The van der Waals surface area contributed by atoms with Crippen molar-refractivity contribution in [1.82, 2.24) is 4.98 Å². The normalized spacial score (nSPS) is 11.1. The van der Waals surface area contributed by atoms with Gasteiger partial charge in [0.2, 0.25) is 0 Å². The van der Waals surface area contributed by atoms with Gasteiger partial charge >= 0.3 is 5.69 Å². The van der Waals surface area contributed by atoms with Crippen molar-refractivity contribution in [1.29, 1.82) is 0 Å². The van der Waals surface area contributed by atoms with Gasteiger partial charge in [-0.15, -0.1) is 0 Å². The number of nitrogens with one attached hydrogen (secondary N) is 1. The molecule has 0 aliphatic rings. The molecule has 0 radical (unpaired) electrons. The summed E-state index contributed by atoms with van der Waals surface area (Å²) in [6, 6.07) is 5.62. The predicted octanol–water partition coefficient (Wildman–Crippen LogP) is 1.51. The third kappa shape index (κ3) is 3.05. The molecule has 3 N–H and O–H groups in total. The van der Waals surface area contributed by atoms with Gasteiger partial charge in [0.25, 0.3) is 10.0 Å². The van der Waals surface area contributed by atoms with Gasteiger partial charge in [0.15, 0.2) is 4.90 Å². The summed E-state index contributed by atoms with van der Waals surface area (Å²) in [6.45, 7) is 0. The maximum absolute atomic E-state index is 12.7. The second kappa shape index (κ2) is 5.32. The number of nitro benzene ring substituents is 1. The molecule has 0 spiro atoms. The number of benzene rings is 1. The fraction of sp³-hybridized carbons (Fsp3) is 0. The van der Waals surface area contributed by atoms with Crippen LogP contribution in [0, 0.1) is 15.9 Å². The molecule has 21 heavy (non-hydrogen) atoms. The monoisotopic (exact) mass is 312 g/mol. The molecule has 1 aromatic heterocycles. The van der Waals surface area contributed by atoms with Crippen LogP contribution in [0.1, 0.15) is 0 Å². The average molecular weight is 312 g/mol. The lowest BCUT2D eigenvalue weighted by Crippen LogP contribution is -2.16. The number of nitrogens with two attached hydrogens (primary N) is 1. The minimum atomic E-state index is -4.28. The minimum absolute atomic E-state index is 0.173. The number of para-hydroxylation sites is 1. The Morgan fingerprint density at radius 1 is 1.29 bits per heavy atom. The minimum Gasteiger partial charge on any atom is -0.393 e. The molecular formula is C11H9FN4O4S. The number of hydrogen-bond acceptors (Lipinski definition) is 6. The smallest absolute Gasteiger partial charge is 0.312 e. The lowest BCUT2D eigenvalue weighted by molar-refractivity contribution is -0.386. The van der Waals surface area contributed by atoms with Gasteiger partial charge in [-0.25, -0.2) is 17.8 Å². The van der Waals surface area contributed by atoms with Gasteiger partial charge in [-0.1, -0.05) is 6.07 Å². The van der Waals surface area contributed by atoms with Gasteiger partial charge < -0.3 is 5.73 Å². The highest BCUT2D eigenvalue weighted by Crippen LogP contribution is 2.30. The molecule has 2 aromatic rings. The van der Waals surface area contributed by atoms with E-state index in [1.165, 1.54) is 12.1 Å². The van der Waals surface area contributed by atoms with Crippen molar-refractivity contribution in [3.8, 4) is 0 Å². The number of sulfonamides is 1. The van der Waals surface area contributed by atoms with Crippen LogP contribution in [0.2, 0.25) is 0 Å². The topological polar surface area (TPSA) is 128 Å². The molecule has 0 atom stereocenters. The lowest BCUT2D eigenvalue weighted by Gasteiger charge is -2.08. The summed E-state index contributed by atoms with van der Waals surface area (Å²) in [5.74, 6) is -0.819. The Morgan fingerprint density at radius 3 is 2.57 bits per heavy atom. The number of pyridine rings is 1. The maximum Gasteiger partial charge on any atom is 0.312 e. The maximum atomic E-state index is 12.7. The summed E-state index contributed by atoms with van der Waals surface area (Å²) in [5, 5.41) is 11.0. The summed E-state index contributed by atoms with van der Waals surface area (Å²) in [7, 11) is -4.28. The van der Waals surface area contributed by atoms with Crippen LogP contribution in [0.3, 0.4) is 0 Å². The van der Waals surface area contributed by atoms with Crippen molar-refractivity contribution in [3.05, 3.63) is 52.5 Å². The van der Waals surface area contributed by atoms with Gasteiger partial charge in [-0.2, -0.15) is 0 Å². The van der Waals surface area contributed by atoms with E-state index in [9.17, 15) is 22.9 Å². The van der Waals surface area contributed by atoms with Crippen molar-refractivity contribution >= 4 is 27.2 Å². The van der Waals surface area contributed by atoms with Crippen LogP contribution in [-0.4, -0.2) is 18.3 Å². The molecule has 0 saturated carbocycles. The molecule has 2 rings (SSSR count). The molecule has 1 heterocycles. The number of nitrogen functional groups attached to an aromatic ring is 1. The third-order valence-electron chi connectivity index (χ3n) is 2.47. The van der Waals surface area contributed by atoms with Gasteiger partial charge in [0.05, 0.1) is 11.1 Å². The van der Waals surface area contributed by atoms with Crippen molar-refractivity contribution < 1.29 is 17.7 Å². The Hall–Kier alpha value is -2.75. The van der Waals surface area contributed by atoms with E-state index in [4.69, 9.17) is 5.73 Å². The summed E-state index contributed by atoms with van der Waals surface area (Å²) >= 11 is 0. The Kier molecular flexibility index (Phi) is 3.72. The molecule has 0 unspecified atom stereocenters.